The third-order valence-corrected chi connectivity index (χ3v) is 4.50. The molecule has 2 nitrogen and oxygen atoms in total. The Kier molecular flexibility index (Phi) is 6.31. The third kappa shape index (κ3) is 3.55. The summed E-state index contributed by atoms with van der Waals surface area (Å²) in [7, 11) is 0. The molecule has 0 spiro atoms. The van der Waals surface area contributed by atoms with Crippen molar-refractivity contribution < 1.29 is 0 Å². The number of rotatable bonds is 2. The number of nitriles is 1. The number of fused-ring (bicyclic) bond motifs is 1. The van der Waals surface area contributed by atoms with Crippen molar-refractivity contribution in [1.29, 1.82) is 5.26 Å². The Labute approximate surface area is 124 Å². The zero-order valence-electron chi connectivity index (χ0n) is 10.2. The van der Waals surface area contributed by atoms with E-state index < -0.39 is 0 Å². The van der Waals surface area contributed by atoms with Crippen LogP contribution < -0.4 is 5.32 Å². The van der Waals surface area contributed by atoms with E-state index in [-0.39, 0.29) is 17.7 Å². The van der Waals surface area contributed by atoms with Gasteiger partial charge in [-0.3, -0.25) is 0 Å². The summed E-state index contributed by atoms with van der Waals surface area (Å²) in [4.78, 5) is 1.10. The molecule has 1 aliphatic rings. The molecule has 0 amide bonds. The monoisotopic (exact) mass is 302 g/mol. The van der Waals surface area contributed by atoms with Crippen LogP contribution in [0, 0.1) is 11.3 Å². The summed E-state index contributed by atoms with van der Waals surface area (Å²) in [6.45, 7) is 3.92. The Morgan fingerprint density at radius 3 is 2.83 bits per heavy atom. The molecule has 0 bridgehead atoms. The molecule has 1 unspecified atom stereocenters. The first kappa shape index (κ1) is 15.7. The molecule has 0 saturated carbocycles. The molecule has 98 valence electrons. The Hall–Kier alpha value is -0.400. The molecule has 0 radical (unpaired) electrons. The van der Waals surface area contributed by atoms with Gasteiger partial charge in [0.2, 0.25) is 0 Å². The number of nitrogens with zero attached hydrogens (tertiary/aromatic N) is 1. The van der Waals surface area contributed by atoms with Crippen molar-refractivity contribution in [1.82, 2.24) is 5.32 Å². The smallest absolute Gasteiger partial charge is 0.0936 e. The van der Waals surface area contributed by atoms with Crippen LogP contribution in [0.1, 0.15) is 18.1 Å². The topological polar surface area (TPSA) is 35.8 Å². The van der Waals surface area contributed by atoms with Crippen LogP contribution in [0.4, 0.5) is 0 Å². The van der Waals surface area contributed by atoms with E-state index in [1.165, 1.54) is 11.1 Å². The van der Waals surface area contributed by atoms with E-state index in [4.69, 9.17) is 16.9 Å². The van der Waals surface area contributed by atoms with E-state index in [1.54, 1.807) is 11.8 Å². The molecule has 0 fully saturated rings. The first-order valence-corrected chi connectivity index (χ1v) is 7.05. The van der Waals surface area contributed by atoms with Crippen molar-refractivity contribution in [3.8, 4) is 6.07 Å². The lowest BCUT2D eigenvalue weighted by Crippen LogP contribution is -2.16. The lowest BCUT2D eigenvalue weighted by molar-refractivity contribution is 0.709. The van der Waals surface area contributed by atoms with Gasteiger partial charge in [-0.2, -0.15) is 5.26 Å². The second kappa shape index (κ2) is 7.25. The lowest BCUT2D eigenvalue weighted by atomic mass is 10.0. The molecule has 1 aliphatic heterocycles. The highest BCUT2D eigenvalue weighted by molar-refractivity contribution is 8.00. The summed E-state index contributed by atoms with van der Waals surface area (Å²) in [6.07, 6.45) is 2.04. The van der Waals surface area contributed by atoms with Crippen LogP contribution in [-0.4, -0.2) is 18.3 Å². The summed E-state index contributed by atoms with van der Waals surface area (Å²) >= 11 is 7.84. The molecular formula is C13H16Cl2N2S. The molecule has 1 aromatic rings. The molecule has 5 heteroatoms. The van der Waals surface area contributed by atoms with Gasteiger partial charge in [-0.05, 0) is 50.0 Å². The van der Waals surface area contributed by atoms with Gasteiger partial charge in [-0.1, -0.05) is 17.7 Å². The van der Waals surface area contributed by atoms with Gasteiger partial charge in [0.05, 0.1) is 16.3 Å². The van der Waals surface area contributed by atoms with E-state index in [2.05, 4.69) is 17.5 Å². The summed E-state index contributed by atoms with van der Waals surface area (Å²) in [6, 6.07) is 6.33. The number of hydrogen-bond acceptors (Lipinski definition) is 3. The van der Waals surface area contributed by atoms with Gasteiger partial charge in [0.1, 0.15) is 0 Å². The summed E-state index contributed by atoms with van der Waals surface area (Å²) in [5.41, 5.74) is 2.70. The Balaban J connectivity index is 0.00000162. The number of thioether (sulfide) groups is 1. The van der Waals surface area contributed by atoms with E-state index in [1.807, 2.05) is 13.0 Å². The first-order chi connectivity index (χ1) is 8.22. The normalized spacial score (nSPS) is 15.8. The van der Waals surface area contributed by atoms with E-state index >= 15 is 0 Å². The molecule has 0 aliphatic carbocycles. The van der Waals surface area contributed by atoms with Gasteiger partial charge in [0.15, 0.2) is 0 Å². The molecular weight excluding hydrogens is 287 g/mol. The van der Waals surface area contributed by atoms with Gasteiger partial charge < -0.3 is 5.32 Å². The summed E-state index contributed by atoms with van der Waals surface area (Å²) in [5, 5.41) is 13.0. The lowest BCUT2D eigenvalue weighted by Gasteiger charge is -2.14. The highest BCUT2D eigenvalue weighted by atomic mass is 35.5. The Morgan fingerprint density at radius 2 is 2.11 bits per heavy atom. The fourth-order valence-corrected chi connectivity index (χ4v) is 3.31. The van der Waals surface area contributed by atoms with Gasteiger partial charge in [-0.25, -0.2) is 0 Å². The van der Waals surface area contributed by atoms with Gasteiger partial charge in [-0.15, -0.1) is 24.2 Å². The van der Waals surface area contributed by atoms with Gasteiger partial charge in [0.25, 0.3) is 0 Å². The fraction of sp³-hybridized carbons (Fsp3) is 0.462. The molecule has 1 N–H and O–H groups in total. The second-order valence-electron chi connectivity index (χ2n) is 4.15. The molecule has 1 atom stereocenters. The molecule has 0 saturated heterocycles. The molecule has 1 heterocycles. The fourth-order valence-electron chi connectivity index (χ4n) is 2.04. The number of halogens is 2. The van der Waals surface area contributed by atoms with Gasteiger partial charge >= 0.3 is 0 Å². The third-order valence-electron chi connectivity index (χ3n) is 2.91. The van der Waals surface area contributed by atoms with Crippen molar-refractivity contribution >= 4 is 35.8 Å². The van der Waals surface area contributed by atoms with E-state index in [0.29, 0.717) is 0 Å². The van der Waals surface area contributed by atoms with Crippen molar-refractivity contribution in [3.05, 3.63) is 28.3 Å². The minimum Gasteiger partial charge on any atom is -0.316 e. The number of nitrogens with one attached hydrogen (secondary N) is 1. The number of hydrogen-bond donors (Lipinski definition) is 1. The highest BCUT2D eigenvalue weighted by Gasteiger charge is 2.16. The van der Waals surface area contributed by atoms with Gasteiger partial charge in [0, 0.05) is 4.90 Å². The maximum atomic E-state index is 8.92. The van der Waals surface area contributed by atoms with Crippen LogP contribution in [0.3, 0.4) is 0 Å². The highest BCUT2D eigenvalue weighted by Crippen LogP contribution is 2.36. The van der Waals surface area contributed by atoms with Crippen LogP contribution in [0.5, 0.6) is 0 Å². The van der Waals surface area contributed by atoms with Crippen molar-refractivity contribution in [3.63, 3.8) is 0 Å². The zero-order valence-corrected chi connectivity index (χ0v) is 12.6. The molecule has 0 aromatic heterocycles. The minimum atomic E-state index is -0.0600. The predicted octanol–water partition coefficient (Wildman–Crippen LogP) is 3.45. The van der Waals surface area contributed by atoms with Crippen LogP contribution >= 0.6 is 35.8 Å². The maximum Gasteiger partial charge on any atom is 0.0936 e. The van der Waals surface area contributed by atoms with E-state index in [9.17, 15) is 0 Å². The Bertz CT molecular complexity index is 457. The quantitative estimate of drug-likeness (QED) is 0.850. The molecule has 18 heavy (non-hydrogen) atoms. The Morgan fingerprint density at radius 1 is 1.39 bits per heavy atom. The second-order valence-corrected chi connectivity index (χ2v) is 5.91. The maximum absolute atomic E-state index is 8.92. The average Bonchev–Trinajstić information content (AvgIpc) is 2.57. The molecule has 2 rings (SSSR count). The number of benzene rings is 1. The standard InChI is InChI=1S/C13H15ClN2S.ClH/c1-9(8-15)17-13-11-5-7-16-6-4-10(11)2-3-12(13)14;/h2-3,9,16H,4-7H2,1H3;1H. The van der Waals surface area contributed by atoms with E-state index in [0.717, 1.165) is 35.8 Å². The van der Waals surface area contributed by atoms with Crippen LogP contribution in [-0.2, 0) is 12.8 Å². The predicted molar refractivity (Wildman–Crippen MR) is 79.9 cm³/mol. The van der Waals surface area contributed by atoms with Crippen LogP contribution in [0.15, 0.2) is 17.0 Å². The van der Waals surface area contributed by atoms with Crippen molar-refractivity contribution in [2.45, 2.75) is 29.9 Å². The zero-order chi connectivity index (χ0) is 12.3. The van der Waals surface area contributed by atoms with Crippen LogP contribution in [0.2, 0.25) is 5.02 Å². The van der Waals surface area contributed by atoms with Crippen LogP contribution in [0.25, 0.3) is 0 Å². The average molecular weight is 303 g/mol. The largest absolute Gasteiger partial charge is 0.316 e. The SMILES string of the molecule is CC(C#N)Sc1c(Cl)ccc2c1CCNCC2.Cl. The summed E-state index contributed by atoms with van der Waals surface area (Å²) in [5.74, 6) is 0. The minimum absolute atomic E-state index is 0. The van der Waals surface area contributed by atoms with Crippen molar-refractivity contribution in [2.24, 2.45) is 0 Å². The summed E-state index contributed by atoms with van der Waals surface area (Å²) < 4.78 is 0. The van der Waals surface area contributed by atoms with Crippen molar-refractivity contribution in [2.75, 3.05) is 13.1 Å². The first-order valence-electron chi connectivity index (χ1n) is 5.79. The molecule has 1 aromatic carbocycles.